The van der Waals surface area contributed by atoms with Crippen LogP contribution in [0.3, 0.4) is 0 Å². The van der Waals surface area contributed by atoms with Gasteiger partial charge < -0.3 is 9.72 Å². The van der Waals surface area contributed by atoms with Crippen LogP contribution < -0.4 is 5.32 Å². The fourth-order valence-corrected chi connectivity index (χ4v) is 3.12. The Bertz CT molecular complexity index is 839. The van der Waals surface area contributed by atoms with Gasteiger partial charge in [0.15, 0.2) is 0 Å². The van der Waals surface area contributed by atoms with Crippen LogP contribution in [0.4, 0.5) is 4.39 Å². The smallest absolute Gasteiger partial charge is 0.223 e. The van der Waals surface area contributed by atoms with Gasteiger partial charge in [0.1, 0.15) is 11.5 Å². The largest absolute Gasteiger partial charge is 0.355 e. The predicted octanol–water partition coefficient (Wildman–Crippen LogP) is 2.94. The monoisotopic (exact) mass is 323 g/mol. The number of fused-ring (bicyclic) bond motifs is 1. The molecular formula is C19H18FN3O. The molecule has 2 heterocycles. The van der Waals surface area contributed by atoms with Gasteiger partial charge >= 0.3 is 0 Å². The first-order valence-corrected chi connectivity index (χ1v) is 8.16. The van der Waals surface area contributed by atoms with Crippen molar-refractivity contribution in [2.75, 3.05) is 6.54 Å². The molecule has 1 aliphatic rings. The van der Waals surface area contributed by atoms with Gasteiger partial charge in [-0.2, -0.15) is 0 Å². The Morgan fingerprint density at radius 3 is 2.88 bits per heavy atom. The van der Waals surface area contributed by atoms with Crippen LogP contribution in [0.25, 0.3) is 5.65 Å². The summed E-state index contributed by atoms with van der Waals surface area (Å²) in [5.74, 6) is 0.0678. The summed E-state index contributed by atoms with van der Waals surface area (Å²) in [5, 5.41) is 2.99. The van der Waals surface area contributed by atoms with Gasteiger partial charge in [-0.25, -0.2) is 9.37 Å². The number of carbonyl (C=O) groups excluding carboxylic acids is 1. The number of aromatic nitrogens is 2. The van der Waals surface area contributed by atoms with Crippen molar-refractivity contribution in [1.29, 1.82) is 0 Å². The van der Waals surface area contributed by atoms with E-state index in [4.69, 9.17) is 0 Å². The lowest BCUT2D eigenvalue weighted by Crippen LogP contribution is -2.27. The van der Waals surface area contributed by atoms with Gasteiger partial charge in [0.05, 0.1) is 5.69 Å². The summed E-state index contributed by atoms with van der Waals surface area (Å²) in [6, 6.07) is 12.3. The van der Waals surface area contributed by atoms with Crippen molar-refractivity contribution in [2.24, 2.45) is 5.92 Å². The molecule has 0 saturated heterocycles. The highest BCUT2D eigenvalue weighted by Crippen LogP contribution is 2.47. The van der Waals surface area contributed by atoms with Crippen LogP contribution in [-0.2, 0) is 11.2 Å². The van der Waals surface area contributed by atoms with Gasteiger partial charge in [0.2, 0.25) is 5.91 Å². The summed E-state index contributed by atoms with van der Waals surface area (Å²) >= 11 is 0. The van der Waals surface area contributed by atoms with E-state index in [0.29, 0.717) is 13.0 Å². The molecule has 24 heavy (non-hydrogen) atoms. The zero-order chi connectivity index (χ0) is 16.5. The summed E-state index contributed by atoms with van der Waals surface area (Å²) < 4.78 is 14.9. The second-order valence-corrected chi connectivity index (χ2v) is 6.24. The molecular weight excluding hydrogens is 305 g/mol. The minimum absolute atomic E-state index is 0.0107. The summed E-state index contributed by atoms with van der Waals surface area (Å²) in [5.41, 5.74) is 2.92. The number of carbonyl (C=O) groups is 1. The van der Waals surface area contributed by atoms with Crippen molar-refractivity contribution in [2.45, 2.75) is 18.8 Å². The number of halogens is 1. The number of nitrogens with zero attached hydrogens (tertiary/aromatic N) is 2. The lowest BCUT2D eigenvalue weighted by Gasteiger charge is -2.04. The van der Waals surface area contributed by atoms with E-state index in [-0.39, 0.29) is 23.6 Å². The third-order valence-electron chi connectivity index (χ3n) is 4.52. The molecule has 5 heteroatoms. The maximum atomic E-state index is 12.9. The van der Waals surface area contributed by atoms with Crippen molar-refractivity contribution in [3.63, 3.8) is 0 Å². The minimum atomic E-state index is -0.243. The Balaban J connectivity index is 1.29. The number of amides is 1. The first-order valence-electron chi connectivity index (χ1n) is 8.16. The van der Waals surface area contributed by atoms with Crippen LogP contribution in [0.5, 0.6) is 0 Å². The fraction of sp³-hybridized carbons (Fsp3) is 0.263. The average Bonchev–Trinajstić information content (AvgIpc) is 3.28. The average molecular weight is 323 g/mol. The highest BCUT2D eigenvalue weighted by molar-refractivity contribution is 5.82. The van der Waals surface area contributed by atoms with Gasteiger partial charge in [-0.1, -0.05) is 18.2 Å². The highest BCUT2D eigenvalue weighted by Gasteiger charge is 2.43. The first-order chi connectivity index (χ1) is 11.7. The van der Waals surface area contributed by atoms with Gasteiger partial charge in [0.25, 0.3) is 0 Å². The Hall–Kier alpha value is -2.69. The zero-order valence-corrected chi connectivity index (χ0v) is 13.2. The van der Waals surface area contributed by atoms with Crippen LogP contribution >= 0.6 is 0 Å². The third-order valence-corrected chi connectivity index (χ3v) is 4.52. The first kappa shape index (κ1) is 14.9. The molecule has 2 unspecified atom stereocenters. The van der Waals surface area contributed by atoms with E-state index in [9.17, 15) is 9.18 Å². The molecule has 0 radical (unpaired) electrons. The Kier molecular flexibility index (Phi) is 3.76. The summed E-state index contributed by atoms with van der Waals surface area (Å²) in [6.07, 6.45) is 5.50. The number of rotatable bonds is 5. The Morgan fingerprint density at radius 1 is 1.25 bits per heavy atom. The van der Waals surface area contributed by atoms with Crippen LogP contribution in [0.2, 0.25) is 0 Å². The molecule has 3 aromatic rings. The van der Waals surface area contributed by atoms with E-state index in [1.54, 1.807) is 12.1 Å². The van der Waals surface area contributed by atoms with Crippen LogP contribution in [0, 0.1) is 11.7 Å². The molecule has 1 aliphatic carbocycles. The maximum Gasteiger partial charge on any atom is 0.223 e. The SMILES string of the molecule is O=C(NCCc1cn2ccccc2n1)C1CC1c1ccc(F)cc1. The molecule has 1 fully saturated rings. The number of hydrogen-bond acceptors (Lipinski definition) is 2. The zero-order valence-electron chi connectivity index (χ0n) is 13.2. The summed E-state index contributed by atoms with van der Waals surface area (Å²) in [4.78, 5) is 16.7. The van der Waals surface area contributed by atoms with Crippen LogP contribution in [0.1, 0.15) is 23.6 Å². The van der Waals surface area contributed by atoms with Crippen LogP contribution in [-0.4, -0.2) is 21.8 Å². The van der Waals surface area contributed by atoms with Crippen molar-refractivity contribution in [3.05, 3.63) is 71.9 Å². The number of hydrogen-bond donors (Lipinski definition) is 1. The molecule has 1 N–H and O–H groups in total. The highest BCUT2D eigenvalue weighted by atomic mass is 19.1. The molecule has 0 spiro atoms. The quantitative estimate of drug-likeness (QED) is 0.785. The lowest BCUT2D eigenvalue weighted by molar-refractivity contribution is -0.122. The van der Waals surface area contributed by atoms with Crippen molar-refractivity contribution >= 4 is 11.6 Å². The lowest BCUT2D eigenvalue weighted by atomic mass is 10.1. The molecule has 1 aromatic carbocycles. The topological polar surface area (TPSA) is 46.4 Å². The van der Waals surface area contributed by atoms with Gasteiger partial charge in [-0.05, 0) is 42.2 Å². The molecule has 4 rings (SSSR count). The number of imidazole rings is 1. The van der Waals surface area contributed by atoms with Gasteiger partial charge in [-0.15, -0.1) is 0 Å². The summed E-state index contributed by atoms with van der Waals surface area (Å²) in [7, 11) is 0. The standard InChI is InChI=1S/C19H18FN3O/c20-14-6-4-13(5-7-14)16-11-17(16)19(24)21-9-8-15-12-23-10-2-1-3-18(23)22-15/h1-7,10,12,16-17H,8-9,11H2,(H,21,24). The van der Waals surface area contributed by atoms with Crippen molar-refractivity contribution in [1.82, 2.24) is 14.7 Å². The van der Waals surface area contributed by atoms with Crippen molar-refractivity contribution in [3.8, 4) is 0 Å². The number of nitrogens with one attached hydrogen (secondary N) is 1. The second kappa shape index (κ2) is 6.07. The van der Waals surface area contributed by atoms with Gasteiger partial charge in [-0.3, -0.25) is 4.79 Å². The van der Waals surface area contributed by atoms with Crippen LogP contribution in [0.15, 0.2) is 54.9 Å². The number of benzene rings is 1. The minimum Gasteiger partial charge on any atom is -0.355 e. The molecule has 2 aromatic heterocycles. The molecule has 122 valence electrons. The normalized spacial score (nSPS) is 19.4. The second-order valence-electron chi connectivity index (χ2n) is 6.24. The van der Waals surface area contributed by atoms with E-state index in [1.165, 1.54) is 12.1 Å². The van der Waals surface area contributed by atoms with Crippen molar-refractivity contribution < 1.29 is 9.18 Å². The van der Waals surface area contributed by atoms with E-state index < -0.39 is 0 Å². The molecule has 0 bridgehead atoms. The third kappa shape index (κ3) is 3.02. The Labute approximate surface area is 139 Å². The molecule has 1 saturated carbocycles. The van der Waals surface area contributed by atoms with Gasteiger partial charge in [0, 0.05) is 31.3 Å². The van der Waals surface area contributed by atoms with E-state index in [0.717, 1.165) is 23.3 Å². The fourth-order valence-electron chi connectivity index (χ4n) is 3.12. The Morgan fingerprint density at radius 2 is 2.08 bits per heavy atom. The van der Waals surface area contributed by atoms with E-state index >= 15 is 0 Å². The van der Waals surface area contributed by atoms with E-state index in [1.807, 2.05) is 35.0 Å². The molecule has 0 aliphatic heterocycles. The predicted molar refractivity (Wildman–Crippen MR) is 89.2 cm³/mol. The van der Waals surface area contributed by atoms with E-state index in [2.05, 4.69) is 10.3 Å². The number of pyridine rings is 1. The molecule has 4 nitrogen and oxygen atoms in total. The summed E-state index contributed by atoms with van der Waals surface area (Å²) in [6.45, 7) is 0.579. The molecule has 2 atom stereocenters. The molecule has 1 amide bonds. The maximum absolute atomic E-state index is 12.9.